The SMILES string of the molecule is O=C(COc1ccc(C=NNc2ccc([N+](=O)[O-])cc2)cc1)Nc1ccccc1. The van der Waals surface area contributed by atoms with Gasteiger partial charge in [-0.1, -0.05) is 18.2 Å². The number of nitro benzene ring substituents is 1. The van der Waals surface area contributed by atoms with Crippen molar-refractivity contribution in [1.29, 1.82) is 0 Å². The van der Waals surface area contributed by atoms with Gasteiger partial charge >= 0.3 is 0 Å². The number of carbonyl (C=O) groups excluding carboxylic acids is 1. The molecule has 0 aliphatic rings. The van der Waals surface area contributed by atoms with Gasteiger partial charge in [-0.25, -0.2) is 0 Å². The Morgan fingerprint density at radius 1 is 0.966 bits per heavy atom. The van der Waals surface area contributed by atoms with Gasteiger partial charge in [0.15, 0.2) is 6.61 Å². The lowest BCUT2D eigenvalue weighted by Crippen LogP contribution is -2.20. The summed E-state index contributed by atoms with van der Waals surface area (Å²) in [6, 6.07) is 22.2. The molecule has 8 heteroatoms. The van der Waals surface area contributed by atoms with Crippen LogP contribution < -0.4 is 15.5 Å². The minimum atomic E-state index is -0.456. The molecule has 0 saturated carbocycles. The zero-order chi connectivity index (χ0) is 20.5. The zero-order valence-electron chi connectivity index (χ0n) is 15.3. The number of carbonyl (C=O) groups is 1. The van der Waals surface area contributed by atoms with Crippen molar-refractivity contribution in [3.63, 3.8) is 0 Å². The van der Waals surface area contributed by atoms with Gasteiger partial charge < -0.3 is 10.1 Å². The number of nitrogens with zero attached hydrogens (tertiary/aromatic N) is 2. The molecule has 2 N–H and O–H groups in total. The Morgan fingerprint density at radius 2 is 1.66 bits per heavy atom. The Hall–Kier alpha value is -4.20. The Kier molecular flexibility index (Phi) is 6.51. The van der Waals surface area contributed by atoms with Crippen LogP contribution in [0.25, 0.3) is 0 Å². The molecule has 0 aromatic heterocycles. The molecule has 146 valence electrons. The topological polar surface area (TPSA) is 106 Å². The largest absolute Gasteiger partial charge is 0.484 e. The number of anilines is 2. The number of nitrogens with one attached hydrogen (secondary N) is 2. The number of nitro groups is 1. The Morgan fingerprint density at radius 3 is 2.31 bits per heavy atom. The second-order valence-corrected chi connectivity index (χ2v) is 5.95. The van der Waals surface area contributed by atoms with Crippen LogP contribution in [0.15, 0.2) is 84.0 Å². The van der Waals surface area contributed by atoms with Gasteiger partial charge in [0.2, 0.25) is 0 Å². The van der Waals surface area contributed by atoms with Crippen LogP contribution in [0.2, 0.25) is 0 Å². The van der Waals surface area contributed by atoms with E-state index in [-0.39, 0.29) is 18.2 Å². The molecule has 0 radical (unpaired) electrons. The van der Waals surface area contributed by atoms with E-state index in [1.807, 2.05) is 18.2 Å². The van der Waals surface area contributed by atoms with Crippen LogP contribution in [0.5, 0.6) is 5.75 Å². The fraction of sp³-hybridized carbons (Fsp3) is 0.0476. The summed E-state index contributed by atoms with van der Waals surface area (Å²) in [6.07, 6.45) is 1.60. The molecule has 0 saturated heterocycles. The van der Waals surface area contributed by atoms with E-state index >= 15 is 0 Å². The molecule has 29 heavy (non-hydrogen) atoms. The van der Waals surface area contributed by atoms with Crippen LogP contribution in [0.1, 0.15) is 5.56 Å². The Bertz CT molecular complexity index is 987. The highest BCUT2D eigenvalue weighted by Gasteiger charge is 2.04. The summed E-state index contributed by atoms with van der Waals surface area (Å²) in [4.78, 5) is 22.1. The van der Waals surface area contributed by atoms with Gasteiger partial charge in [-0.05, 0) is 54.1 Å². The third-order valence-corrected chi connectivity index (χ3v) is 3.79. The van der Waals surface area contributed by atoms with E-state index in [1.165, 1.54) is 12.1 Å². The summed E-state index contributed by atoms with van der Waals surface area (Å²) >= 11 is 0. The number of ether oxygens (including phenoxy) is 1. The van der Waals surface area contributed by atoms with E-state index in [2.05, 4.69) is 15.8 Å². The summed E-state index contributed by atoms with van der Waals surface area (Å²) in [5.74, 6) is 0.322. The molecule has 0 atom stereocenters. The lowest BCUT2D eigenvalue weighted by atomic mass is 10.2. The molecule has 0 spiro atoms. The minimum Gasteiger partial charge on any atom is -0.484 e. The summed E-state index contributed by atoms with van der Waals surface area (Å²) < 4.78 is 5.47. The Labute approximate surface area is 167 Å². The Balaban J connectivity index is 1.46. The number of hydrogen-bond donors (Lipinski definition) is 2. The van der Waals surface area contributed by atoms with Gasteiger partial charge in [-0.3, -0.25) is 20.3 Å². The molecule has 8 nitrogen and oxygen atoms in total. The molecule has 0 heterocycles. The van der Waals surface area contributed by atoms with E-state index in [9.17, 15) is 14.9 Å². The van der Waals surface area contributed by atoms with Crippen molar-refractivity contribution in [3.8, 4) is 5.75 Å². The number of hydrazone groups is 1. The fourth-order valence-corrected chi connectivity index (χ4v) is 2.36. The maximum Gasteiger partial charge on any atom is 0.269 e. The second-order valence-electron chi connectivity index (χ2n) is 5.95. The predicted molar refractivity (Wildman–Crippen MR) is 111 cm³/mol. The third-order valence-electron chi connectivity index (χ3n) is 3.79. The maximum absolute atomic E-state index is 11.9. The molecule has 0 bridgehead atoms. The first kappa shape index (κ1) is 19.6. The molecule has 3 aromatic carbocycles. The first-order chi connectivity index (χ1) is 14.1. The quantitative estimate of drug-likeness (QED) is 0.343. The van der Waals surface area contributed by atoms with E-state index in [4.69, 9.17) is 4.74 Å². The summed E-state index contributed by atoms with van der Waals surface area (Å²) in [5, 5.41) is 17.5. The highest BCUT2D eigenvalue weighted by molar-refractivity contribution is 5.91. The van der Waals surface area contributed by atoms with Gasteiger partial charge in [-0.2, -0.15) is 5.10 Å². The molecule has 0 aliphatic carbocycles. The molecule has 0 aliphatic heterocycles. The number of hydrogen-bond acceptors (Lipinski definition) is 6. The van der Waals surface area contributed by atoms with Crippen molar-refractivity contribution in [2.45, 2.75) is 0 Å². The summed E-state index contributed by atoms with van der Waals surface area (Å²) in [6.45, 7) is -0.0932. The van der Waals surface area contributed by atoms with Crippen LogP contribution in [0.4, 0.5) is 17.1 Å². The van der Waals surface area contributed by atoms with E-state index in [0.717, 1.165) is 5.56 Å². The first-order valence-corrected chi connectivity index (χ1v) is 8.71. The van der Waals surface area contributed by atoms with Gasteiger partial charge in [-0.15, -0.1) is 0 Å². The van der Waals surface area contributed by atoms with Crippen molar-refractivity contribution < 1.29 is 14.5 Å². The van der Waals surface area contributed by atoms with Gasteiger partial charge in [0.25, 0.3) is 11.6 Å². The van der Waals surface area contributed by atoms with Crippen molar-refractivity contribution in [3.05, 3.63) is 94.5 Å². The van der Waals surface area contributed by atoms with Crippen molar-refractivity contribution in [2.24, 2.45) is 5.10 Å². The van der Waals surface area contributed by atoms with Crippen molar-refractivity contribution in [2.75, 3.05) is 17.3 Å². The van der Waals surface area contributed by atoms with Crippen LogP contribution in [-0.2, 0) is 4.79 Å². The molecule has 0 fully saturated rings. The number of benzene rings is 3. The maximum atomic E-state index is 11.9. The average Bonchev–Trinajstić information content (AvgIpc) is 2.74. The number of rotatable bonds is 8. The average molecular weight is 390 g/mol. The molecular formula is C21H18N4O4. The fourth-order valence-electron chi connectivity index (χ4n) is 2.36. The smallest absolute Gasteiger partial charge is 0.269 e. The van der Waals surface area contributed by atoms with E-state index in [0.29, 0.717) is 17.1 Å². The monoisotopic (exact) mass is 390 g/mol. The normalized spacial score (nSPS) is 10.5. The van der Waals surface area contributed by atoms with Gasteiger partial charge in [0, 0.05) is 17.8 Å². The molecule has 3 aromatic rings. The van der Waals surface area contributed by atoms with Crippen LogP contribution in [-0.4, -0.2) is 23.7 Å². The van der Waals surface area contributed by atoms with Gasteiger partial charge in [0.05, 0.1) is 16.8 Å². The molecule has 3 rings (SSSR count). The summed E-state index contributed by atoms with van der Waals surface area (Å²) in [5.41, 5.74) is 4.99. The first-order valence-electron chi connectivity index (χ1n) is 8.71. The molecular weight excluding hydrogens is 372 g/mol. The zero-order valence-corrected chi connectivity index (χ0v) is 15.3. The lowest BCUT2D eigenvalue weighted by molar-refractivity contribution is -0.384. The van der Waals surface area contributed by atoms with Crippen LogP contribution in [0.3, 0.4) is 0 Å². The van der Waals surface area contributed by atoms with Crippen LogP contribution >= 0.6 is 0 Å². The van der Waals surface area contributed by atoms with Crippen molar-refractivity contribution >= 4 is 29.2 Å². The highest BCUT2D eigenvalue weighted by Crippen LogP contribution is 2.15. The highest BCUT2D eigenvalue weighted by atomic mass is 16.6. The van der Waals surface area contributed by atoms with Crippen molar-refractivity contribution in [1.82, 2.24) is 0 Å². The lowest BCUT2D eigenvalue weighted by Gasteiger charge is -2.07. The van der Waals surface area contributed by atoms with E-state index < -0.39 is 4.92 Å². The standard InChI is InChI=1S/C21H18N4O4/c26-21(23-17-4-2-1-3-5-17)15-29-20-12-6-16(7-13-20)14-22-24-18-8-10-19(11-9-18)25(27)28/h1-14,24H,15H2,(H,23,26). The van der Waals surface area contributed by atoms with Crippen LogP contribution in [0, 0.1) is 10.1 Å². The third kappa shape index (κ3) is 6.17. The minimum absolute atomic E-state index is 0.0209. The number of amides is 1. The molecule has 1 amide bonds. The molecule has 0 unspecified atom stereocenters. The van der Waals surface area contributed by atoms with E-state index in [1.54, 1.807) is 54.7 Å². The second kappa shape index (κ2) is 9.65. The number of para-hydroxylation sites is 1. The predicted octanol–water partition coefficient (Wildman–Crippen LogP) is 4.06. The summed E-state index contributed by atoms with van der Waals surface area (Å²) in [7, 11) is 0. The number of non-ortho nitro benzene ring substituents is 1. The van der Waals surface area contributed by atoms with Gasteiger partial charge in [0.1, 0.15) is 5.75 Å².